The molecule has 0 saturated carbocycles. The van der Waals surface area contributed by atoms with E-state index in [1.165, 1.54) is 19.4 Å². The van der Waals surface area contributed by atoms with E-state index in [2.05, 4.69) is 10.2 Å². The lowest BCUT2D eigenvalue weighted by Gasteiger charge is -2.47. The maximum absolute atomic E-state index is 11.1. The van der Waals surface area contributed by atoms with Gasteiger partial charge in [0.1, 0.15) is 6.04 Å². The van der Waals surface area contributed by atoms with Crippen LogP contribution in [-0.4, -0.2) is 51.8 Å². The Hall–Kier alpha value is -0.260. The van der Waals surface area contributed by atoms with Crippen LogP contribution in [0.4, 0.5) is 0 Å². The fourth-order valence-electron chi connectivity index (χ4n) is 3.48. The lowest BCUT2D eigenvalue weighted by atomic mass is 9.95. The van der Waals surface area contributed by atoms with Crippen LogP contribution in [0.15, 0.2) is 0 Å². The van der Waals surface area contributed by atoms with Gasteiger partial charge < -0.3 is 10.0 Å². The first-order valence-electron chi connectivity index (χ1n) is 6.57. The largest absolute Gasteiger partial charge is 0.480 e. The quantitative estimate of drug-likeness (QED) is 0.736. The van der Waals surface area contributed by atoms with E-state index in [4.69, 9.17) is 5.11 Å². The van der Waals surface area contributed by atoms with Gasteiger partial charge in [0.05, 0.1) is 4.87 Å². The number of hydrogen-bond acceptors (Lipinski definition) is 4. The van der Waals surface area contributed by atoms with Crippen molar-refractivity contribution >= 4 is 17.7 Å². The number of piperidine rings is 1. The van der Waals surface area contributed by atoms with Gasteiger partial charge in [0.2, 0.25) is 0 Å². The highest BCUT2D eigenvalue weighted by atomic mass is 32.2. The highest BCUT2D eigenvalue weighted by Gasteiger charge is 2.45. The molecular weight excluding hydrogens is 236 g/mol. The summed E-state index contributed by atoms with van der Waals surface area (Å²) in [5.41, 5.74) is 0. The van der Waals surface area contributed by atoms with Gasteiger partial charge in [0.25, 0.3) is 0 Å². The number of nitrogens with zero attached hydrogens (tertiary/aromatic N) is 1. The molecule has 0 aromatic carbocycles. The molecule has 3 heterocycles. The van der Waals surface area contributed by atoms with E-state index >= 15 is 0 Å². The van der Waals surface area contributed by atoms with Gasteiger partial charge in [-0.15, -0.1) is 11.8 Å². The topological polar surface area (TPSA) is 52.6 Å². The average Bonchev–Trinajstić information content (AvgIpc) is 2.76. The Bertz CT molecular complexity index is 326. The van der Waals surface area contributed by atoms with Crippen LogP contribution < -0.4 is 5.32 Å². The van der Waals surface area contributed by atoms with Gasteiger partial charge in [-0.05, 0) is 44.4 Å². The zero-order valence-corrected chi connectivity index (χ0v) is 10.8. The maximum atomic E-state index is 11.1. The monoisotopic (exact) mass is 256 g/mol. The number of carboxylic acid groups (broad SMARTS) is 1. The summed E-state index contributed by atoms with van der Waals surface area (Å²) >= 11 is 1.96. The minimum Gasteiger partial charge on any atom is -0.480 e. The fraction of sp³-hybridized carbons (Fsp3) is 0.917. The number of aliphatic carboxylic acids is 1. The summed E-state index contributed by atoms with van der Waals surface area (Å²) in [4.78, 5) is 13.8. The van der Waals surface area contributed by atoms with Gasteiger partial charge >= 0.3 is 5.97 Å². The van der Waals surface area contributed by atoms with Crippen LogP contribution in [0.2, 0.25) is 0 Å². The third-order valence-corrected chi connectivity index (χ3v) is 5.87. The smallest absolute Gasteiger partial charge is 0.320 e. The van der Waals surface area contributed by atoms with Crippen LogP contribution in [-0.2, 0) is 4.79 Å². The molecule has 0 aromatic heterocycles. The molecule has 1 spiro atoms. The highest BCUT2D eigenvalue weighted by molar-refractivity contribution is 8.00. The fourth-order valence-corrected chi connectivity index (χ4v) is 4.99. The normalized spacial score (nSPS) is 42.6. The Balaban J connectivity index is 1.71. The van der Waals surface area contributed by atoms with E-state index in [0.29, 0.717) is 6.04 Å². The van der Waals surface area contributed by atoms with Gasteiger partial charge in [0, 0.05) is 12.6 Å². The summed E-state index contributed by atoms with van der Waals surface area (Å²) in [7, 11) is 0. The minimum atomic E-state index is -0.682. The van der Waals surface area contributed by atoms with Crippen molar-refractivity contribution in [1.29, 1.82) is 0 Å². The third-order valence-electron chi connectivity index (χ3n) is 4.39. The lowest BCUT2D eigenvalue weighted by Crippen LogP contribution is -2.60. The second kappa shape index (κ2) is 4.44. The number of fused-ring (bicyclic) bond motifs is 1. The molecule has 0 aliphatic carbocycles. The van der Waals surface area contributed by atoms with Crippen molar-refractivity contribution in [2.45, 2.75) is 49.1 Å². The number of nitrogens with one attached hydrogen (secondary N) is 1. The molecule has 5 heteroatoms. The first-order chi connectivity index (χ1) is 8.19. The van der Waals surface area contributed by atoms with Crippen LogP contribution in [0.5, 0.6) is 0 Å². The van der Waals surface area contributed by atoms with E-state index in [-0.39, 0.29) is 10.9 Å². The highest BCUT2D eigenvalue weighted by Crippen LogP contribution is 2.42. The van der Waals surface area contributed by atoms with Crippen molar-refractivity contribution in [2.24, 2.45) is 0 Å². The Labute approximate surface area is 106 Å². The van der Waals surface area contributed by atoms with E-state index in [9.17, 15) is 4.79 Å². The SMILES string of the molecule is O=C(O)C1CCSC2(CCN3CCCC3C2)N1. The molecule has 3 saturated heterocycles. The molecule has 0 aromatic rings. The summed E-state index contributed by atoms with van der Waals surface area (Å²) in [5.74, 6) is 0.301. The first kappa shape index (κ1) is 11.8. The van der Waals surface area contributed by atoms with Crippen LogP contribution in [0.1, 0.15) is 32.1 Å². The summed E-state index contributed by atoms with van der Waals surface area (Å²) in [5, 5.41) is 12.6. The van der Waals surface area contributed by atoms with Gasteiger partial charge in [-0.3, -0.25) is 10.1 Å². The summed E-state index contributed by atoms with van der Waals surface area (Å²) in [6.45, 7) is 2.38. The zero-order chi connectivity index (χ0) is 11.9. The second-order valence-electron chi connectivity index (χ2n) is 5.45. The van der Waals surface area contributed by atoms with E-state index < -0.39 is 5.97 Å². The summed E-state index contributed by atoms with van der Waals surface area (Å²) in [6, 6.07) is 0.362. The summed E-state index contributed by atoms with van der Waals surface area (Å²) < 4.78 is 0. The summed E-state index contributed by atoms with van der Waals surface area (Å²) in [6.07, 6.45) is 5.59. The standard InChI is InChI=1S/C12H20N2O2S/c15-11(16)10-3-7-17-12(13-10)4-6-14-5-1-2-9(14)8-12/h9-10,13H,1-8H2,(H,15,16). The van der Waals surface area contributed by atoms with Crippen LogP contribution in [0, 0.1) is 0 Å². The number of carbonyl (C=O) groups is 1. The third kappa shape index (κ3) is 2.20. The Morgan fingerprint density at radius 3 is 3.12 bits per heavy atom. The van der Waals surface area contributed by atoms with Crippen LogP contribution in [0.3, 0.4) is 0 Å². The number of rotatable bonds is 1. The van der Waals surface area contributed by atoms with Gasteiger partial charge in [0.15, 0.2) is 0 Å². The molecule has 0 amide bonds. The molecule has 17 heavy (non-hydrogen) atoms. The molecular formula is C12H20N2O2S. The van der Waals surface area contributed by atoms with Gasteiger partial charge in [-0.1, -0.05) is 0 Å². The number of carboxylic acids is 1. The Morgan fingerprint density at radius 2 is 2.29 bits per heavy atom. The molecule has 3 aliphatic rings. The molecule has 96 valence electrons. The zero-order valence-electron chi connectivity index (χ0n) is 10.0. The van der Waals surface area contributed by atoms with Gasteiger partial charge in [-0.2, -0.15) is 0 Å². The average molecular weight is 256 g/mol. The maximum Gasteiger partial charge on any atom is 0.320 e. The molecule has 3 aliphatic heterocycles. The van der Waals surface area contributed by atoms with Crippen molar-refractivity contribution < 1.29 is 9.90 Å². The van der Waals surface area contributed by atoms with Crippen molar-refractivity contribution in [3.05, 3.63) is 0 Å². The van der Waals surface area contributed by atoms with Crippen molar-refractivity contribution in [3.8, 4) is 0 Å². The number of thioether (sulfide) groups is 1. The van der Waals surface area contributed by atoms with E-state index in [1.54, 1.807) is 0 Å². The molecule has 3 atom stereocenters. The molecule has 0 radical (unpaired) electrons. The number of hydrogen-bond donors (Lipinski definition) is 2. The van der Waals surface area contributed by atoms with Gasteiger partial charge in [-0.25, -0.2) is 0 Å². The molecule has 3 rings (SSSR count). The molecule has 3 unspecified atom stereocenters. The van der Waals surface area contributed by atoms with Crippen molar-refractivity contribution in [3.63, 3.8) is 0 Å². The second-order valence-corrected chi connectivity index (χ2v) is 6.93. The van der Waals surface area contributed by atoms with Crippen LogP contribution >= 0.6 is 11.8 Å². The molecule has 4 nitrogen and oxygen atoms in total. The Kier molecular flexibility index (Phi) is 3.09. The predicted octanol–water partition coefficient (Wildman–Crippen LogP) is 1.12. The van der Waals surface area contributed by atoms with E-state index in [1.807, 2.05) is 11.8 Å². The molecule has 0 bridgehead atoms. The molecule has 2 N–H and O–H groups in total. The Morgan fingerprint density at radius 1 is 1.41 bits per heavy atom. The van der Waals surface area contributed by atoms with Crippen molar-refractivity contribution in [2.75, 3.05) is 18.8 Å². The van der Waals surface area contributed by atoms with E-state index in [0.717, 1.165) is 31.6 Å². The first-order valence-corrected chi connectivity index (χ1v) is 7.56. The van der Waals surface area contributed by atoms with Crippen LogP contribution in [0.25, 0.3) is 0 Å². The lowest BCUT2D eigenvalue weighted by molar-refractivity contribution is -0.140. The molecule has 3 fully saturated rings. The predicted molar refractivity (Wildman–Crippen MR) is 68.2 cm³/mol. The minimum absolute atomic E-state index is 0.0484. The van der Waals surface area contributed by atoms with Crippen molar-refractivity contribution in [1.82, 2.24) is 10.2 Å².